The number of hydrogen-bond acceptors (Lipinski definition) is 4. The van der Waals surface area contributed by atoms with Crippen LogP contribution in [0.2, 0.25) is 15.1 Å². The highest BCUT2D eigenvalue weighted by Crippen LogP contribution is 2.38. The largest absolute Gasteiger partial charge is 0.417 e. The highest BCUT2D eigenvalue weighted by atomic mass is 35.5. The number of halogens is 6. The summed E-state index contributed by atoms with van der Waals surface area (Å²) in [5.74, 6) is -1.41. The van der Waals surface area contributed by atoms with Crippen molar-refractivity contribution in [2.24, 2.45) is 0 Å². The first-order valence-corrected chi connectivity index (χ1v) is 18.2. The van der Waals surface area contributed by atoms with E-state index in [1.165, 1.54) is 29.2 Å². The molecule has 7 nitrogen and oxygen atoms in total. The lowest BCUT2D eigenvalue weighted by Crippen LogP contribution is -2.53. The van der Waals surface area contributed by atoms with E-state index in [0.29, 0.717) is 34.5 Å². The number of unbranched alkanes of at least 4 members (excludes halogenated alkanes) is 1. The molecule has 266 valence electrons. The Morgan fingerprint density at radius 2 is 1.50 bits per heavy atom. The lowest BCUT2D eigenvalue weighted by molar-refractivity contribution is -0.140. The third-order valence-corrected chi connectivity index (χ3v) is 10.7. The number of anilines is 1. The molecule has 0 heterocycles. The van der Waals surface area contributed by atoms with Gasteiger partial charge < -0.3 is 10.2 Å². The van der Waals surface area contributed by atoms with E-state index in [-0.39, 0.29) is 27.9 Å². The summed E-state index contributed by atoms with van der Waals surface area (Å²) in [7, 11) is -4.66. The van der Waals surface area contributed by atoms with Crippen LogP contribution in [-0.4, -0.2) is 44.3 Å². The summed E-state index contributed by atoms with van der Waals surface area (Å²) in [6.45, 7) is 2.71. The summed E-state index contributed by atoms with van der Waals surface area (Å²) in [5, 5.41) is 2.59. The predicted octanol–water partition coefficient (Wildman–Crippen LogP) is 8.73. The van der Waals surface area contributed by atoms with E-state index in [0.717, 1.165) is 24.1 Å². The van der Waals surface area contributed by atoms with Crippen LogP contribution in [0.15, 0.2) is 95.9 Å². The first-order valence-electron chi connectivity index (χ1n) is 15.6. The van der Waals surface area contributed by atoms with E-state index in [2.05, 4.69) is 5.32 Å². The standard InChI is InChI=1S/C36H35Cl3F3N3O4S/c1-3-4-19-43-35(47)33(20-25-9-6-5-7-10-25)44(22-28-30(37)11-8-12-31(28)38)34(46)23-45(50(48,49)27-16-13-24(2)14-17-27)26-15-18-32(39)29(21-26)36(40,41)42/h5-18,21,33H,3-4,19-20,22-23H2,1-2H3,(H,43,47)/t33-/m1/s1. The highest BCUT2D eigenvalue weighted by Gasteiger charge is 2.38. The number of hydrogen-bond donors (Lipinski definition) is 1. The number of sulfonamides is 1. The van der Waals surface area contributed by atoms with Gasteiger partial charge in [-0.15, -0.1) is 0 Å². The van der Waals surface area contributed by atoms with E-state index in [1.54, 1.807) is 55.5 Å². The molecule has 4 aromatic carbocycles. The zero-order chi connectivity index (χ0) is 36.6. The summed E-state index contributed by atoms with van der Waals surface area (Å²) in [4.78, 5) is 29.4. The van der Waals surface area contributed by atoms with Crippen LogP contribution in [0.4, 0.5) is 18.9 Å². The Kier molecular flexibility index (Phi) is 13.2. The number of aryl methyl sites for hydroxylation is 1. The second kappa shape index (κ2) is 17.0. The summed E-state index contributed by atoms with van der Waals surface area (Å²) < 4.78 is 71.0. The van der Waals surface area contributed by atoms with E-state index in [9.17, 15) is 31.2 Å². The zero-order valence-corrected chi connectivity index (χ0v) is 30.3. The van der Waals surface area contributed by atoms with Crippen LogP contribution in [0.3, 0.4) is 0 Å². The van der Waals surface area contributed by atoms with Crippen molar-refractivity contribution in [1.82, 2.24) is 10.2 Å². The Morgan fingerprint density at radius 3 is 2.10 bits per heavy atom. The fourth-order valence-corrected chi connectivity index (χ4v) is 7.31. The van der Waals surface area contributed by atoms with Gasteiger partial charge in [0.2, 0.25) is 11.8 Å². The number of nitrogens with one attached hydrogen (secondary N) is 1. The minimum Gasteiger partial charge on any atom is -0.354 e. The molecule has 0 saturated carbocycles. The van der Waals surface area contributed by atoms with Gasteiger partial charge in [0, 0.05) is 35.1 Å². The number of carbonyl (C=O) groups excluding carboxylic acids is 2. The molecule has 1 N–H and O–H groups in total. The summed E-state index contributed by atoms with van der Waals surface area (Å²) in [6, 6.07) is 20.6. The van der Waals surface area contributed by atoms with Crippen molar-refractivity contribution in [3.63, 3.8) is 0 Å². The average Bonchev–Trinajstić information content (AvgIpc) is 3.06. The van der Waals surface area contributed by atoms with E-state index in [1.807, 2.05) is 6.92 Å². The van der Waals surface area contributed by atoms with Crippen LogP contribution in [-0.2, 0) is 38.8 Å². The first kappa shape index (κ1) is 39.0. The number of carbonyl (C=O) groups is 2. The molecule has 0 fully saturated rings. The third-order valence-electron chi connectivity index (χ3n) is 7.92. The van der Waals surface area contributed by atoms with Crippen LogP contribution >= 0.6 is 34.8 Å². The zero-order valence-electron chi connectivity index (χ0n) is 27.2. The predicted molar refractivity (Wildman–Crippen MR) is 191 cm³/mol. The van der Waals surface area contributed by atoms with Gasteiger partial charge in [-0.1, -0.05) is 102 Å². The molecule has 50 heavy (non-hydrogen) atoms. The molecule has 14 heteroatoms. The maximum absolute atomic E-state index is 14.6. The minimum atomic E-state index is -4.93. The van der Waals surface area contributed by atoms with Gasteiger partial charge in [0.05, 0.1) is 21.2 Å². The fraction of sp³-hybridized carbons (Fsp3) is 0.278. The Hall–Kier alpha value is -3.77. The second-order valence-corrected chi connectivity index (χ2v) is 14.6. The van der Waals surface area contributed by atoms with Crippen molar-refractivity contribution in [2.45, 2.75) is 56.8 Å². The molecule has 0 unspecified atom stereocenters. The molecule has 4 aromatic rings. The van der Waals surface area contributed by atoms with Gasteiger partial charge in [0.15, 0.2) is 0 Å². The molecule has 0 radical (unpaired) electrons. The molecular formula is C36H35Cl3F3N3O4S. The molecular weight excluding hydrogens is 734 g/mol. The lowest BCUT2D eigenvalue weighted by Gasteiger charge is -2.34. The highest BCUT2D eigenvalue weighted by molar-refractivity contribution is 7.92. The number of nitrogens with zero attached hydrogens (tertiary/aromatic N) is 2. The van der Waals surface area contributed by atoms with Crippen LogP contribution < -0.4 is 9.62 Å². The first-order chi connectivity index (χ1) is 23.6. The summed E-state index contributed by atoms with van der Waals surface area (Å²) >= 11 is 18.9. The molecule has 0 aromatic heterocycles. The van der Waals surface area contributed by atoms with Gasteiger partial charge in [0.1, 0.15) is 12.6 Å². The van der Waals surface area contributed by atoms with Crippen molar-refractivity contribution < 1.29 is 31.2 Å². The third kappa shape index (κ3) is 9.72. The van der Waals surface area contributed by atoms with Crippen molar-refractivity contribution in [2.75, 3.05) is 17.4 Å². The van der Waals surface area contributed by atoms with Crippen molar-refractivity contribution in [3.8, 4) is 0 Å². The Morgan fingerprint density at radius 1 is 0.860 bits per heavy atom. The van der Waals surface area contributed by atoms with Gasteiger partial charge >= 0.3 is 6.18 Å². The van der Waals surface area contributed by atoms with E-state index in [4.69, 9.17) is 34.8 Å². The Bertz CT molecular complexity index is 1890. The molecule has 0 aliphatic rings. The van der Waals surface area contributed by atoms with Crippen molar-refractivity contribution in [1.29, 1.82) is 0 Å². The lowest BCUT2D eigenvalue weighted by atomic mass is 10.0. The molecule has 0 spiro atoms. The van der Waals surface area contributed by atoms with Gasteiger partial charge in [-0.2, -0.15) is 13.2 Å². The van der Waals surface area contributed by atoms with Crippen LogP contribution in [0.1, 0.15) is 42.0 Å². The molecule has 0 aliphatic carbocycles. The number of rotatable bonds is 14. The van der Waals surface area contributed by atoms with Gasteiger partial charge in [-0.25, -0.2) is 8.42 Å². The fourth-order valence-electron chi connectivity index (χ4n) is 5.17. The maximum atomic E-state index is 14.6. The minimum absolute atomic E-state index is 0.0243. The second-order valence-electron chi connectivity index (χ2n) is 11.6. The quantitative estimate of drug-likeness (QED) is 0.130. The Labute approximate surface area is 305 Å². The van der Waals surface area contributed by atoms with E-state index >= 15 is 0 Å². The smallest absolute Gasteiger partial charge is 0.354 e. The molecule has 0 aliphatic heterocycles. The van der Waals surface area contributed by atoms with Gasteiger partial charge in [-0.3, -0.25) is 13.9 Å². The molecule has 1 atom stereocenters. The topological polar surface area (TPSA) is 86.8 Å². The number of benzene rings is 4. The Balaban J connectivity index is 1.88. The van der Waals surface area contributed by atoms with Crippen molar-refractivity contribution >= 4 is 62.3 Å². The van der Waals surface area contributed by atoms with Gasteiger partial charge in [0.25, 0.3) is 10.0 Å². The van der Waals surface area contributed by atoms with Crippen LogP contribution in [0.25, 0.3) is 0 Å². The molecule has 2 amide bonds. The van der Waals surface area contributed by atoms with Crippen LogP contribution in [0, 0.1) is 6.92 Å². The normalized spacial score (nSPS) is 12.3. The van der Waals surface area contributed by atoms with E-state index < -0.39 is 56.9 Å². The SMILES string of the molecule is CCCCNC(=O)[C@@H](Cc1ccccc1)N(Cc1c(Cl)cccc1Cl)C(=O)CN(c1ccc(Cl)c(C(F)(F)F)c1)S(=O)(=O)c1ccc(C)cc1. The average molecular weight is 769 g/mol. The molecule has 0 saturated heterocycles. The summed E-state index contributed by atoms with van der Waals surface area (Å²) in [5.41, 5.74) is -0.0214. The van der Waals surface area contributed by atoms with Crippen molar-refractivity contribution in [3.05, 3.63) is 128 Å². The van der Waals surface area contributed by atoms with Gasteiger partial charge in [-0.05, 0) is 61.4 Å². The monoisotopic (exact) mass is 767 g/mol. The summed E-state index contributed by atoms with van der Waals surface area (Å²) in [6.07, 6.45) is -3.46. The number of alkyl halides is 3. The molecule has 4 rings (SSSR count). The molecule has 0 bridgehead atoms. The maximum Gasteiger partial charge on any atom is 0.417 e. The number of amides is 2. The van der Waals surface area contributed by atoms with Crippen LogP contribution in [0.5, 0.6) is 0 Å².